The van der Waals surface area contributed by atoms with Crippen molar-refractivity contribution in [2.45, 2.75) is 6.92 Å². The van der Waals surface area contributed by atoms with Crippen molar-refractivity contribution in [2.75, 3.05) is 26.1 Å². The minimum Gasteiger partial charge on any atom is -0.493 e. The molecule has 0 bridgehead atoms. The Labute approximate surface area is 201 Å². The average Bonchev–Trinajstić information content (AvgIpc) is 3.35. The molecule has 1 N–H and O–H groups in total. The first-order valence-electron chi connectivity index (χ1n) is 10.3. The van der Waals surface area contributed by atoms with Crippen LogP contribution in [0.3, 0.4) is 0 Å². The molecule has 0 aliphatic heterocycles. The zero-order valence-electron chi connectivity index (χ0n) is 18.8. The van der Waals surface area contributed by atoms with Gasteiger partial charge in [0, 0.05) is 10.6 Å². The van der Waals surface area contributed by atoms with Gasteiger partial charge in [0.1, 0.15) is 5.75 Å². The van der Waals surface area contributed by atoms with Gasteiger partial charge in [-0.2, -0.15) is 4.98 Å². The number of nitrogens with zero attached hydrogens (tertiary/aromatic N) is 2. The van der Waals surface area contributed by atoms with Gasteiger partial charge < -0.3 is 24.1 Å². The highest BCUT2D eigenvalue weighted by Gasteiger charge is 2.17. The van der Waals surface area contributed by atoms with Crippen LogP contribution in [0.5, 0.6) is 17.2 Å². The van der Waals surface area contributed by atoms with E-state index in [1.165, 1.54) is 0 Å². The third-order valence-corrected chi connectivity index (χ3v) is 5.42. The predicted octanol–water partition coefficient (Wildman–Crippen LogP) is 5.40. The summed E-state index contributed by atoms with van der Waals surface area (Å²) in [6.07, 6.45) is 0. The predicted molar refractivity (Wildman–Crippen MR) is 129 cm³/mol. The summed E-state index contributed by atoms with van der Waals surface area (Å²) >= 11 is 6.03. The highest BCUT2D eigenvalue weighted by molar-refractivity contribution is 6.31. The first-order chi connectivity index (χ1) is 16.5. The van der Waals surface area contributed by atoms with E-state index in [4.69, 9.17) is 30.3 Å². The highest BCUT2D eigenvalue weighted by Crippen LogP contribution is 2.33. The first-order valence-corrected chi connectivity index (χ1v) is 10.7. The third-order valence-electron chi connectivity index (χ3n) is 5.00. The van der Waals surface area contributed by atoms with E-state index in [1.807, 2.05) is 13.0 Å². The number of carbonyl (C=O) groups is 1. The number of carbonyl (C=O) groups excluding carboxylic acids is 1. The fourth-order valence-corrected chi connectivity index (χ4v) is 3.36. The van der Waals surface area contributed by atoms with Crippen LogP contribution in [0.25, 0.3) is 22.8 Å². The monoisotopic (exact) mass is 479 g/mol. The van der Waals surface area contributed by atoms with Gasteiger partial charge in [-0.3, -0.25) is 4.79 Å². The molecule has 9 heteroatoms. The summed E-state index contributed by atoms with van der Waals surface area (Å²) in [5.41, 5.74) is 2.66. The number of para-hydroxylation sites is 1. The number of anilines is 1. The van der Waals surface area contributed by atoms with Crippen LogP contribution in [0.4, 0.5) is 5.69 Å². The van der Waals surface area contributed by atoms with Gasteiger partial charge >= 0.3 is 0 Å². The molecule has 0 saturated carbocycles. The number of aryl methyl sites for hydroxylation is 1. The second-order valence-corrected chi connectivity index (χ2v) is 7.69. The molecule has 0 aliphatic carbocycles. The van der Waals surface area contributed by atoms with Crippen LogP contribution < -0.4 is 19.5 Å². The molecule has 0 fully saturated rings. The zero-order chi connectivity index (χ0) is 24.1. The molecule has 1 heterocycles. The molecule has 4 rings (SSSR count). The van der Waals surface area contributed by atoms with Gasteiger partial charge in [0.2, 0.25) is 5.82 Å². The maximum atomic E-state index is 12.5. The van der Waals surface area contributed by atoms with Gasteiger partial charge in [-0.1, -0.05) is 28.9 Å². The topological polar surface area (TPSA) is 95.7 Å². The van der Waals surface area contributed by atoms with E-state index in [-0.39, 0.29) is 18.4 Å². The lowest BCUT2D eigenvalue weighted by Gasteiger charge is -2.10. The molecule has 0 saturated heterocycles. The lowest BCUT2D eigenvalue weighted by atomic mass is 10.1. The van der Waals surface area contributed by atoms with E-state index in [1.54, 1.807) is 68.8 Å². The molecule has 1 aromatic heterocycles. The molecule has 34 heavy (non-hydrogen) atoms. The number of rotatable bonds is 8. The lowest BCUT2D eigenvalue weighted by molar-refractivity contribution is -0.118. The summed E-state index contributed by atoms with van der Waals surface area (Å²) in [4.78, 5) is 17.0. The Hall–Kier alpha value is -4.04. The Balaban J connectivity index is 1.50. The second kappa shape index (κ2) is 10.3. The molecule has 0 radical (unpaired) electrons. The number of aromatic nitrogens is 2. The standard InChI is InChI=1S/C25H22ClN3O5/c1-15-12-17(9-10-19(15)26)33-14-23(30)27-20-7-5-4-6-18(20)25-28-24(29-34-25)16-8-11-21(31-2)22(13-16)32-3/h4-13H,14H2,1-3H3,(H,27,30). The Bertz CT molecular complexity index is 1320. The summed E-state index contributed by atoms with van der Waals surface area (Å²) in [7, 11) is 3.12. The minimum atomic E-state index is -0.334. The van der Waals surface area contributed by atoms with Crippen LogP contribution in [0, 0.1) is 6.92 Å². The summed E-state index contributed by atoms with van der Waals surface area (Å²) in [6.45, 7) is 1.70. The maximum Gasteiger partial charge on any atom is 0.262 e. The first kappa shape index (κ1) is 23.1. The number of benzene rings is 3. The number of hydrogen-bond donors (Lipinski definition) is 1. The lowest BCUT2D eigenvalue weighted by Crippen LogP contribution is -2.20. The number of ether oxygens (including phenoxy) is 3. The normalized spacial score (nSPS) is 10.6. The number of hydrogen-bond acceptors (Lipinski definition) is 7. The van der Waals surface area contributed by atoms with E-state index in [0.29, 0.717) is 44.9 Å². The second-order valence-electron chi connectivity index (χ2n) is 7.29. The van der Waals surface area contributed by atoms with Crippen LogP contribution in [0.1, 0.15) is 5.56 Å². The number of amides is 1. The summed E-state index contributed by atoms with van der Waals surface area (Å²) in [5, 5.41) is 7.54. The Kier molecular flexibility index (Phi) is 6.98. The van der Waals surface area contributed by atoms with Gasteiger partial charge in [0.05, 0.1) is 25.5 Å². The van der Waals surface area contributed by atoms with E-state index in [2.05, 4.69) is 15.5 Å². The molecule has 4 aromatic rings. The molecule has 0 aliphatic rings. The number of nitrogens with one attached hydrogen (secondary N) is 1. The van der Waals surface area contributed by atoms with Crippen molar-refractivity contribution in [2.24, 2.45) is 0 Å². The summed E-state index contributed by atoms with van der Waals surface area (Å²) in [6, 6.07) is 17.7. The molecule has 174 valence electrons. The quantitative estimate of drug-likeness (QED) is 0.361. The van der Waals surface area contributed by atoms with E-state index in [0.717, 1.165) is 5.56 Å². The van der Waals surface area contributed by atoms with E-state index in [9.17, 15) is 4.79 Å². The fourth-order valence-electron chi connectivity index (χ4n) is 3.25. The Morgan fingerprint density at radius 2 is 1.82 bits per heavy atom. The molecular weight excluding hydrogens is 458 g/mol. The minimum absolute atomic E-state index is 0.171. The van der Waals surface area contributed by atoms with Crippen molar-refractivity contribution >= 4 is 23.2 Å². The van der Waals surface area contributed by atoms with Crippen molar-refractivity contribution in [3.8, 4) is 40.1 Å². The van der Waals surface area contributed by atoms with Crippen LogP contribution >= 0.6 is 11.6 Å². The van der Waals surface area contributed by atoms with Crippen molar-refractivity contribution in [3.05, 3.63) is 71.2 Å². The number of methoxy groups -OCH3 is 2. The maximum absolute atomic E-state index is 12.5. The zero-order valence-corrected chi connectivity index (χ0v) is 19.6. The van der Waals surface area contributed by atoms with Gasteiger partial charge in [-0.25, -0.2) is 0 Å². The van der Waals surface area contributed by atoms with Gasteiger partial charge in [0.25, 0.3) is 11.8 Å². The molecular formula is C25H22ClN3O5. The third kappa shape index (κ3) is 5.13. The summed E-state index contributed by atoms with van der Waals surface area (Å²) < 4.78 is 21.7. The number of halogens is 1. The smallest absolute Gasteiger partial charge is 0.262 e. The van der Waals surface area contributed by atoms with Crippen LogP contribution in [-0.4, -0.2) is 36.9 Å². The van der Waals surface area contributed by atoms with Crippen molar-refractivity contribution in [3.63, 3.8) is 0 Å². The fraction of sp³-hybridized carbons (Fsp3) is 0.160. The van der Waals surface area contributed by atoms with Crippen molar-refractivity contribution < 1.29 is 23.5 Å². The molecule has 0 spiro atoms. The Morgan fingerprint density at radius 3 is 2.59 bits per heavy atom. The molecule has 0 unspecified atom stereocenters. The van der Waals surface area contributed by atoms with E-state index < -0.39 is 0 Å². The largest absolute Gasteiger partial charge is 0.493 e. The Morgan fingerprint density at radius 1 is 1.03 bits per heavy atom. The van der Waals surface area contributed by atoms with Crippen LogP contribution in [0.15, 0.2) is 65.2 Å². The van der Waals surface area contributed by atoms with E-state index >= 15 is 0 Å². The van der Waals surface area contributed by atoms with Crippen LogP contribution in [-0.2, 0) is 4.79 Å². The molecule has 8 nitrogen and oxygen atoms in total. The highest BCUT2D eigenvalue weighted by atomic mass is 35.5. The SMILES string of the molecule is COc1ccc(-c2noc(-c3ccccc3NC(=O)COc3ccc(Cl)c(C)c3)n2)cc1OC. The summed E-state index contributed by atoms with van der Waals surface area (Å²) in [5.74, 6) is 2.00. The van der Waals surface area contributed by atoms with Crippen molar-refractivity contribution in [1.29, 1.82) is 0 Å². The van der Waals surface area contributed by atoms with Gasteiger partial charge in [-0.15, -0.1) is 0 Å². The van der Waals surface area contributed by atoms with Gasteiger partial charge in [0.15, 0.2) is 18.1 Å². The molecule has 0 atom stereocenters. The molecule has 3 aromatic carbocycles. The molecule has 1 amide bonds. The van der Waals surface area contributed by atoms with Crippen LogP contribution in [0.2, 0.25) is 5.02 Å². The van der Waals surface area contributed by atoms with Crippen molar-refractivity contribution in [1.82, 2.24) is 10.1 Å². The average molecular weight is 480 g/mol. The van der Waals surface area contributed by atoms with Gasteiger partial charge in [-0.05, 0) is 61.0 Å².